The lowest BCUT2D eigenvalue weighted by atomic mass is 9.89. The molecule has 1 saturated carbocycles. The number of aryl methyl sites for hydroxylation is 1. The van der Waals surface area contributed by atoms with Crippen molar-refractivity contribution in [3.8, 4) is 0 Å². The van der Waals surface area contributed by atoms with Gasteiger partial charge in [0.05, 0.1) is 5.69 Å². The lowest BCUT2D eigenvalue weighted by Crippen LogP contribution is -2.17. The summed E-state index contributed by atoms with van der Waals surface area (Å²) in [4.78, 5) is 0. The smallest absolute Gasteiger partial charge is 0.0657 e. The monoisotopic (exact) mass is 263 g/mol. The van der Waals surface area contributed by atoms with Gasteiger partial charge in [-0.1, -0.05) is 33.1 Å². The number of nitrogens with zero attached hydrogens (tertiary/aromatic N) is 2. The minimum absolute atomic E-state index is 0.731. The zero-order chi connectivity index (χ0) is 13.7. The van der Waals surface area contributed by atoms with Crippen molar-refractivity contribution in [3.63, 3.8) is 0 Å². The summed E-state index contributed by atoms with van der Waals surface area (Å²) in [6, 6.07) is 0. The highest BCUT2D eigenvalue weighted by molar-refractivity contribution is 5.27. The molecule has 0 radical (unpaired) electrons. The maximum absolute atomic E-state index is 5.76. The molecule has 0 aromatic carbocycles. The number of hydrogen-bond acceptors (Lipinski definition) is 2. The van der Waals surface area contributed by atoms with E-state index in [-0.39, 0.29) is 0 Å². The van der Waals surface area contributed by atoms with Crippen molar-refractivity contribution in [1.82, 2.24) is 9.78 Å². The topological polar surface area (TPSA) is 43.8 Å². The summed E-state index contributed by atoms with van der Waals surface area (Å²) < 4.78 is 2.31. The van der Waals surface area contributed by atoms with Crippen LogP contribution in [-0.4, -0.2) is 16.3 Å². The fraction of sp³-hybridized carbons (Fsp3) is 0.812. The van der Waals surface area contributed by atoms with Crippen LogP contribution in [0.3, 0.4) is 0 Å². The van der Waals surface area contributed by atoms with Gasteiger partial charge in [-0.25, -0.2) is 0 Å². The normalized spacial score (nSPS) is 17.0. The molecule has 1 aliphatic rings. The molecule has 1 aliphatic carbocycles. The largest absolute Gasteiger partial charge is 0.330 e. The lowest BCUT2D eigenvalue weighted by molar-refractivity contribution is 0.304. The average molecular weight is 263 g/mol. The van der Waals surface area contributed by atoms with Crippen molar-refractivity contribution in [2.75, 3.05) is 6.54 Å². The quantitative estimate of drug-likeness (QED) is 0.857. The van der Waals surface area contributed by atoms with Crippen molar-refractivity contribution in [2.45, 2.75) is 71.8 Å². The van der Waals surface area contributed by atoms with Crippen LogP contribution in [0, 0.1) is 5.92 Å². The van der Waals surface area contributed by atoms with Crippen molar-refractivity contribution in [2.24, 2.45) is 11.7 Å². The predicted octanol–water partition coefficient (Wildman–Crippen LogP) is 3.09. The first kappa shape index (κ1) is 14.6. The van der Waals surface area contributed by atoms with E-state index in [1.807, 2.05) is 0 Å². The summed E-state index contributed by atoms with van der Waals surface area (Å²) in [6.45, 7) is 6.30. The van der Waals surface area contributed by atoms with Crippen LogP contribution in [0.25, 0.3) is 0 Å². The number of hydrogen-bond donors (Lipinski definition) is 1. The second-order valence-electron chi connectivity index (χ2n) is 5.80. The molecule has 0 aliphatic heterocycles. The molecule has 0 amide bonds. The van der Waals surface area contributed by atoms with Gasteiger partial charge in [0.2, 0.25) is 0 Å². The first-order valence-corrected chi connectivity index (χ1v) is 8.07. The zero-order valence-corrected chi connectivity index (χ0v) is 12.6. The fourth-order valence-corrected chi connectivity index (χ4v) is 3.47. The summed E-state index contributed by atoms with van der Waals surface area (Å²) >= 11 is 0. The standard InChI is InChI=1S/C16H29N3/c1-3-15-14(10-11-17)16(4-2)19(18-15)12-13-8-6-5-7-9-13/h13H,3-12,17H2,1-2H3. The van der Waals surface area contributed by atoms with Gasteiger partial charge < -0.3 is 5.73 Å². The Balaban J connectivity index is 2.18. The molecule has 19 heavy (non-hydrogen) atoms. The van der Waals surface area contributed by atoms with Crippen LogP contribution in [-0.2, 0) is 25.8 Å². The van der Waals surface area contributed by atoms with Crippen LogP contribution < -0.4 is 5.73 Å². The van der Waals surface area contributed by atoms with Crippen LogP contribution in [0.4, 0.5) is 0 Å². The van der Waals surface area contributed by atoms with Crippen LogP contribution in [0.5, 0.6) is 0 Å². The molecule has 1 fully saturated rings. The summed E-state index contributed by atoms with van der Waals surface area (Å²) in [6.07, 6.45) is 10.1. The molecule has 3 nitrogen and oxygen atoms in total. The van der Waals surface area contributed by atoms with Crippen molar-refractivity contribution in [3.05, 3.63) is 17.0 Å². The Morgan fingerprint density at radius 3 is 2.47 bits per heavy atom. The molecule has 2 rings (SSSR count). The van der Waals surface area contributed by atoms with E-state index >= 15 is 0 Å². The van der Waals surface area contributed by atoms with E-state index in [1.54, 1.807) is 0 Å². The molecule has 1 aromatic rings. The number of aromatic nitrogens is 2. The van der Waals surface area contributed by atoms with E-state index in [2.05, 4.69) is 18.5 Å². The Morgan fingerprint density at radius 1 is 1.16 bits per heavy atom. The summed E-state index contributed by atoms with van der Waals surface area (Å²) in [7, 11) is 0. The van der Waals surface area contributed by atoms with Gasteiger partial charge in [-0.2, -0.15) is 5.10 Å². The Labute approximate surface area is 117 Å². The van der Waals surface area contributed by atoms with Crippen LogP contribution in [0.2, 0.25) is 0 Å². The molecule has 0 saturated heterocycles. The SMILES string of the molecule is CCc1nn(CC2CCCCC2)c(CC)c1CCN. The van der Waals surface area contributed by atoms with Crippen LogP contribution >= 0.6 is 0 Å². The molecular formula is C16H29N3. The molecular weight excluding hydrogens is 234 g/mol. The Bertz CT molecular complexity index is 389. The van der Waals surface area contributed by atoms with E-state index in [0.717, 1.165) is 38.3 Å². The minimum atomic E-state index is 0.731. The van der Waals surface area contributed by atoms with Gasteiger partial charge in [-0.15, -0.1) is 0 Å². The van der Waals surface area contributed by atoms with Crippen molar-refractivity contribution in [1.29, 1.82) is 0 Å². The van der Waals surface area contributed by atoms with Gasteiger partial charge in [0, 0.05) is 12.2 Å². The number of nitrogens with two attached hydrogens (primary N) is 1. The van der Waals surface area contributed by atoms with Gasteiger partial charge >= 0.3 is 0 Å². The second-order valence-corrected chi connectivity index (χ2v) is 5.80. The van der Waals surface area contributed by atoms with E-state index in [4.69, 9.17) is 10.8 Å². The lowest BCUT2D eigenvalue weighted by Gasteiger charge is -2.22. The Kier molecular flexibility index (Phi) is 5.44. The van der Waals surface area contributed by atoms with Crippen LogP contribution in [0.1, 0.15) is 62.9 Å². The molecule has 1 aromatic heterocycles. The predicted molar refractivity (Wildman–Crippen MR) is 80.3 cm³/mol. The first-order valence-electron chi connectivity index (χ1n) is 8.07. The highest BCUT2D eigenvalue weighted by Crippen LogP contribution is 2.26. The third kappa shape index (κ3) is 3.38. The van der Waals surface area contributed by atoms with E-state index < -0.39 is 0 Å². The minimum Gasteiger partial charge on any atom is -0.330 e. The maximum Gasteiger partial charge on any atom is 0.0657 e. The van der Waals surface area contributed by atoms with Crippen molar-refractivity contribution < 1.29 is 0 Å². The summed E-state index contributed by atoms with van der Waals surface area (Å²) in [5, 5.41) is 4.87. The molecule has 3 heteroatoms. The van der Waals surface area contributed by atoms with E-state index in [1.165, 1.54) is 49.1 Å². The van der Waals surface area contributed by atoms with Gasteiger partial charge in [-0.05, 0) is 50.1 Å². The Hall–Kier alpha value is -0.830. The highest BCUT2D eigenvalue weighted by Gasteiger charge is 2.19. The third-order valence-corrected chi connectivity index (χ3v) is 4.47. The number of rotatable bonds is 6. The van der Waals surface area contributed by atoms with Gasteiger partial charge in [-0.3, -0.25) is 4.68 Å². The zero-order valence-electron chi connectivity index (χ0n) is 12.6. The third-order valence-electron chi connectivity index (χ3n) is 4.47. The molecule has 2 N–H and O–H groups in total. The molecule has 0 unspecified atom stereocenters. The molecule has 0 bridgehead atoms. The highest BCUT2D eigenvalue weighted by atomic mass is 15.3. The van der Waals surface area contributed by atoms with E-state index in [9.17, 15) is 0 Å². The Morgan fingerprint density at radius 2 is 1.89 bits per heavy atom. The second kappa shape index (κ2) is 7.09. The molecule has 108 valence electrons. The summed E-state index contributed by atoms with van der Waals surface area (Å²) in [5.74, 6) is 0.842. The van der Waals surface area contributed by atoms with Crippen molar-refractivity contribution >= 4 is 0 Å². The van der Waals surface area contributed by atoms with Gasteiger partial charge in [0.1, 0.15) is 0 Å². The van der Waals surface area contributed by atoms with E-state index in [0.29, 0.717) is 0 Å². The summed E-state index contributed by atoms with van der Waals surface area (Å²) in [5.41, 5.74) is 9.91. The fourth-order valence-electron chi connectivity index (χ4n) is 3.47. The van der Waals surface area contributed by atoms with Gasteiger partial charge in [0.15, 0.2) is 0 Å². The van der Waals surface area contributed by atoms with Crippen LogP contribution in [0.15, 0.2) is 0 Å². The average Bonchev–Trinajstić information content (AvgIpc) is 2.77. The molecule has 1 heterocycles. The maximum atomic E-state index is 5.76. The first-order chi connectivity index (χ1) is 9.30. The molecule has 0 atom stereocenters. The molecule has 0 spiro atoms. The van der Waals surface area contributed by atoms with Gasteiger partial charge in [0.25, 0.3) is 0 Å².